The molecule has 1 aromatic carbocycles. The monoisotopic (exact) mass is 271 g/mol. The molecule has 1 N–H and O–H groups in total. The summed E-state index contributed by atoms with van der Waals surface area (Å²) in [6.45, 7) is 0. The average Bonchev–Trinajstić information content (AvgIpc) is 3.02. The summed E-state index contributed by atoms with van der Waals surface area (Å²) in [5.41, 5.74) is 2.27. The molecule has 4 rings (SSSR count). The molecule has 0 amide bonds. The van der Waals surface area contributed by atoms with Crippen LogP contribution in [0.15, 0.2) is 36.9 Å². The quantitative estimate of drug-likeness (QED) is 0.578. The van der Waals surface area contributed by atoms with Gasteiger partial charge in [0.25, 0.3) is 0 Å². The number of hydrogen-bond acceptors (Lipinski definition) is 3. The Labute approximate surface area is 110 Å². The lowest BCUT2D eigenvalue weighted by molar-refractivity contribution is 0.510. The lowest BCUT2D eigenvalue weighted by atomic mass is 10.3. The summed E-state index contributed by atoms with van der Waals surface area (Å²) in [6.07, 6.45) is 6.60. The molecule has 0 bridgehead atoms. The number of nitrogens with zero attached hydrogens (tertiary/aromatic N) is 4. The van der Waals surface area contributed by atoms with Crippen molar-refractivity contribution in [1.29, 1.82) is 0 Å². The predicted molar refractivity (Wildman–Crippen MR) is 68.0 cm³/mol. The minimum Gasteiger partial charge on any atom is -0.338 e. The SMILES string of the molecule is Fc1cc2nc(-c3cnn4ccncc34)[nH]c2cc1F. The summed E-state index contributed by atoms with van der Waals surface area (Å²) in [5.74, 6) is -1.33. The fourth-order valence-corrected chi connectivity index (χ4v) is 2.15. The number of imidazole rings is 1. The second kappa shape index (κ2) is 3.83. The predicted octanol–water partition coefficient (Wildman–Crippen LogP) is 2.55. The third kappa shape index (κ3) is 1.49. The van der Waals surface area contributed by atoms with Gasteiger partial charge in [-0.05, 0) is 0 Å². The molecule has 20 heavy (non-hydrogen) atoms. The van der Waals surface area contributed by atoms with E-state index in [0.29, 0.717) is 16.9 Å². The Hall–Kier alpha value is -2.83. The van der Waals surface area contributed by atoms with Crippen molar-refractivity contribution in [1.82, 2.24) is 24.6 Å². The highest BCUT2D eigenvalue weighted by atomic mass is 19.2. The molecule has 0 saturated heterocycles. The van der Waals surface area contributed by atoms with Crippen LogP contribution in [-0.4, -0.2) is 24.6 Å². The van der Waals surface area contributed by atoms with Crippen LogP contribution < -0.4 is 0 Å². The molecule has 0 aliphatic rings. The van der Waals surface area contributed by atoms with E-state index in [-0.39, 0.29) is 0 Å². The molecule has 4 aromatic rings. The van der Waals surface area contributed by atoms with E-state index in [1.807, 2.05) is 0 Å². The van der Waals surface area contributed by atoms with Crippen LogP contribution in [0, 0.1) is 11.6 Å². The first-order valence-electron chi connectivity index (χ1n) is 5.85. The smallest absolute Gasteiger partial charge is 0.161 e. The van der Waals surface area contributed by atoms with Crippen LogP contribution in [0.2, 0.25) is 0 Å². The fraction of sp³-hybridized carbons (Fsp3) is 0. The van der Waals surface area contributed by atoms with E-state index < -0.39 is 11.6 Å². The largest absolute Gasteiger partial charge is 0.338 e. The second-order valence-electron chi connectivity index (χ2n) is 4.33. The van der Waals surface area contributed by atoms with Crippen molar-refractivity contribution in [3.05, 3.63) is 48.6 Å². The van der Waals surface area contributed by atoms with Crippen LogP contribution in [0.4, 0.5) is 8.78 Å². The molecule has 0 fully saturated rings. The lowest BCUT2D eigenvalue weighted by Crippen LogP contribution is -1.86. The van der Waals surface area contributed by atoms with Crippen molar-refractivity contribution in [2.45, 2.75) is 0 Å². The van der Waals surface area contributed by atoms with Gasteiger partial charge in [-0.15, -0.1) is 0 Å². The molecule has 98 valence electrons. The molecular formula is C13H7F2N5. The minimum atomic E-state index is -0.919. The van der Waals surface area contributed by atoms with Gasteiger partial charge in [0, 0.05) is 24.5 Å². The van der Waals surface area contributed by atoms with E-state index in [4.69, 9.17) is 0 Å². The Morgan fingerprint density at radius 1 is 1.10 bits per heavy atom. The molecule has 3 heterocycles. The first kappa shape index (κ1) is 11.0. The van der Waals surface area contributed by atoms with E-state index in [1.54, 1.807) is 29.3 Å². The van der Waals surface area contributed by atoms with Crippen molar-refractivity contribution in [3.63, 3.8) is 0 Å². The number of aromatic amines is 1. The van der Waals surface area contributed by atoms with Gasteiger partial charge in [-0.25, -0.2) is 18.3 Å². The van der Waals surface area contributed by atoms with Crippen molar-refractivity contribution in [2.75, 3.05) is 0 Å². The summed E-state index contributed by atoms with van der Waals surface area (Å²) < 4.78 is 28.1. The van der Waals surface area contributed by atoms with E-state index in [9.17, 15) is 8.78 Å². The molecular weight excluding hydrogens is 264 g/mol. The van der Waals surface area contributed by atoms with Crippen molar-refractivity contribution in [3.8, 4) is 11.4 Å². The summed E-state index contributed by atoms with van der Waals surface area (Å²) in [6, 6.07) is 2.15. The van der Waals surface area contributed by atoms with Gasteiger partial charge < -0.3 is 4.98 Å². The number of fused-ring (bicyclic) bond motifs is 2. The highest BCUT2D eigenvalue weighted by Crippen LogP contribution is 2.25. The average molecular weight is 271 g/mol. The van der Waals surface area contributed by atoms with E-state index in [2.05, 4.69) is 20.1 Å². The Morgan fingerprint density at radius 3 is 2.85 bits per heavy atom. The third-order valence-corrected chi connectivity index (χ3v) is 3.10. The molecule has 0 saturated carbocycles. The zero-order valence-corrected chi connectivity index (χ0v) is 10.0. The normalized spacial score (nSPS) is 11.5. The second-order valence-corrected chi connectivity index (χ2v) is 4.33. The van der Waals surface area contributed by atoms with Gasteiger partial charge >= 0.3 is 0 Å². The summed E-state index contributed by atoms with van der Waals surface area (Å²) in [5, 5.41) is 4.17. The van der Waals surface area contributed by atoms with E-state index in [0.717, 1.165) is 23.2 Å². The fourth-order valence-electron chi connectivity index (χ4n) is 2.15. The molecule has 5 nitrogen and oxygen atoms in total. The number of rotatable bonds is 1. The first-order valence-corrected chi connectivity index (χ1v) is 5.85. The van der Waals surface area contributed by atoms with Crippen LogP contribution in [0.3, 0.4) is 0 Å². The maximum Gasteiger partial charge on any atom is 0.161 e. The van der Waals surface area contributed by atoms with Gasteiger partial charge in [0.2, 0.25) is 0 Å². The number of H-pyrrole nitrogens is 1. The number of benzene rings is 1. The van der Waals surface area contributed by atoms with Gasteiger partial charge in [0.1, 0.15) is 5.82 Å². The summed E-state index contributed by atoms with van der Waals surface area (Å²) in [7, 11) is 0. The topological polar surface area (TPSA) is 58.9 Å². The summed E-state index contributed by atoms with van der Waals surface area (Å²) in [4.78, 5) is 11.3. The molecule has 0 spiro atoms. The number of halogens is 2. The molecule has 0 unspecified atom stereocenters. The number of nitrogens with one attached hydrogen (secondary N) is 1. The van der Waals surface area contributed by atoms with Crippen molar-refractivity contribution < 1.29 is 8.78 Å². The van der Waals surface area contributed by atoms with Gasteiger partial charge in [-0.3, -0.25) is 4.98 Å². The standard InChI is InChI=1S/C13H7F2N5/c14-8-3-10-11(4-9(8)15)19-13(18-10)7-5-17-20-2-1-16-6-12(7)20/h1-6H,(H,18,19). The highest BCUT2D eigenvalue weighted by molar-refractivity contribution is 5.83. The maximum atomic E-state index is 13.2. The van der Waals surface area contributed by atoms with E-state index in [1.165, 1.54) is 0 Å². The van der Waals surface area contributed by atoms with Crippen LogP contribution in [0.25, 0.3) is 27.9 Å². The zero-order chi connectivity index (χ0) is 13.7. The Balaban J connectivity index is 1.98. The van der Waals surface area contributed by atoms with Crippen LogP contribution >= 0.6 is 0 Å². The zero-order valence-electron chi connectivity index (χ0n) is 10.0. The molecule has 3 aromatic heterocycles. The van der Waals surface area contributed by atoms with Gasteiger partial charge in [-0.1, -0.05) is 0 Å². The van der Waals surface area contributed by atoms with Crippen LogP contribution in [-0.2, 0) is 0 Å². The van der Waals surface area contributed by atoms with Crippen molar-refractivity contribution in [2.24, 2.45) is 0 Å². The molecule has 0 radical (unpaired) electrons. The van der Waals surface area contributed by atoms with Crippen molar-refractivity contribution >= 4 is 16.6 Å². The molecule has 0 aliphatic heterocycles. The molecule has 7 heteroatoms. The van der Waals surface area contributed by atoms with E-state index >= 15 is 0 Å². The first-order chi connectivity index (χ1) is 9.72. The number of hydrogen-bond donors (Lipinski definition) is 1. The maximum absolute atomic E-state index is 13.2. The van der Waals surface area contributed by atoms with Crippen LogP contribution in [0.1, 0.15) is 0 Å². The van der Waals surface area contributed by atoms with Gasteiger partial charge in [-0.2, -0.15) is 5.10 Å². The molecule has 0 aliphatic carbocycles. The summed E-state index contributed by atoms with van der Waals surface area (Å²) >= 11 is 0. The Bertz CT molecular complexity index is 901. The van der Waals surface area contributed by atoms with Crippen LogP contribution in [0.5, 0.6) is 0 Å². The Kier molecular flexibility index (Phi) is 2.11. The molecule has 0 atom stereocenters. The minimum absolute atomic E-state index is 0.363. The number of aromatic nitrogens is 5. The Morgan fingerprint density at radius 2 is 1.95 bits per heavy atom. The van der Waals surface area contributed by atoms with Gasteiger partial charge in [0.05, 0.1) is 34.5 Å². The third-order valence-electron chi connectivity index (χ3n) is 3.10. The lowest BCUT2D eigenvalue weighted by Gasteiger charge is -1.93. The highest BCUT2D eigenvalue weighted by Gasteiger charge is 2.13. The van der Waals surface area contributed by atoms with Gasteiger partial charge in [0.15, 0.2) is 11.6 Å².